The Bertz CT molecular complexity index is 2880. The van der Waals surface area contributed by atoms with Crippen LogP contribution in [0.5, 0.6) is 0 Å². The number of amides is 4. The number of aromatic nitrogens is 4. The van der Waals surface area contributed by atoms with Crippen molar-refractivity contribution in [3.8, 4) is 70.7 Å². The molecule has 4 aromatic rings. The van der Waals surface area contributed by atoms with Gasteiger partial charge < -0.3 is 49.3 Å². The minimum absolute atomic E-state index is 0.0636. The van der Waals surface area contributed by atoms with Crippen LogP contribution in [0.2, 0.25) is 0 Å². The summed E-state index contributed by atoms with van der Waals surface area (Å²) in [6.45, 7) is 2.00. The molecule has 5 fully saturated rings. The van der Waals surface area contributed by atoms with Crippen molar-refractivity contribution in [2.45, 2.75) is 145 Å². The van der Waals surface area contributed by atoms with Gasteiger partial charge in [0, 0.05) is 12.5 Å². The highest BCUT2D eigenvalue weighted by molar-refractivity contribution is 5.88. The number of carbonyl (C=O) groups is 4. The zero-order chi connectivity index (χ0) is 51.6. The molecule has 6 heterocycles. The van der Waals surface area contributed by atoms with Crippen LogP contribution in [0.25, 0.3) is 33.6 Å². The van der Waals surface area contributed by atoms with Gasteiger partial charge >= 0.3 is 12.2 Å². The quantitative estimate of drug-likeness (QED) is 0.0726. The van der Waals surface area contributed by atoms with Gasteiger partial charge in [-0.2, -0.15) is 0 Å². The Hall–Kier alpha value is -7.32. The molecule has 384 valence electrons. The third kappa shape index (κ3) is 10.7. The zero-order valence-electron chi connectivity index (χ0n) is 42.1. The summed E-state index contributed by atoms with van der Waals surface area (Å²) in [5, 5.41) is 5.72. The van der Waals surface area contributed by atoms with Gasteiger partial charge in [0.15, 0.2) is 0 Å². The Balaban J connectivity index is 0.796. The number of carbonyl (C=O) groups excluding carboxylic acids is 4. The summed E-state index contributed by atoms with van der Waals surface area (Å²) in [5.41, 5.74) is 6.80. The number of nitrogens with one attached hydrogen (secondary N) is 4. The maximum absolute atomic E-state index is 14.7. The lowest BCUT2D eigenvalue weighted by Crippen LogP contribution is -2.57. The molecule has 4 saturated heterocycles. The first-order chi connectivity index (χ1) is 35.9. The van der Waals surface area contributed by atoms with Crippen molar-refractivity contribution < 1.29 is 38.1 Å². The van der Waals surface area contributed by atoms with Gasteiger partial charge in [-0.1, -0.05) is 72.4 Å². The molecule has 16 heteroatoms. The third-order valence-electron chi connectivity index (χ3n) is 16.0. The largest absolute Gasteiger partial charge is 0.453 e. The molecular formula is C58H64N8O8. The van der Waals surface area contributed by atoms with E-state index in [0.717, 1.165) is 58.7 Å². The maximum Gasteiger partial charge on any atom is 0.407 e. The number of nitrogens with zero attached hydrogens (tertiary/aromatic N) is 4. The molecule has 0 spiro atoms. The molecule has 4 N–H and O–H groups in total. The van der Waals surface area contributed by atoms with Gasteiger partial charge in [0.25, 0.3) is 0 Å². The van der Waals surface area contributed by atoms with Gasteiger partial charge in [0.05, 0.1) is 74.4 Å². The van der Waals surface area contributed by atoms with Crippen molar-refractivity contribution in [1.29, 1.82) is 0 Å². The zero-order valence-corrected chi connectivity index (χ0v) is 42.1. The topological polar surface area (TPSA) is 193 Å². The molecule has 12 unspecified atom stereocenters. The molecule has 0 bridgehead atoms. The SMILES string of the molecule is C#CC1CC(C(NC(=O)OC)C(=O)N2C(C#C)CCC2Cc2ncc(-c3ccc(-c4ccc(-c5cnc(C6CCC(C#C)N6C(=O)C(NC(=O)OC)C6CC(C)OC(C7=CC7)C6)[nH]5)cc4)cc3)[nH]2)CC(C2CC2)O1. The number of benzene rings is 2. The summed E-state index contributed by atoms with van der Waals surface area (Å²) in [7, 11) is 2.58. The van der Waals surface area contributed by atoms with Crippen molar-refractivity contribution in [2.24, 2.45) is 17.8 Å². The second-order valence-corrected chi connectivity index (χ2v) is 20.7. The van der Waals surface area contributed by atoms with Gasteiger partial charge in [0.2, 0.25) is 11.8 Å². The molecule has 10 rings (SSSR count). The standard InChI is InChI=1S/C58H64N8O8/c1-7-42-22-23-44(65(42)55(67)53(64-58(70)72-6)41-27-45(9-3)74-50(29-41)39-20-21-39)30-51-59-31-46(61-51)36-14-10-34(11-15-36)35-12-16-37(17-13-35)47-32-60-54(62-47)48-25-24-43(8-2)66(48)56(68)52(63-57(69)71-5)40-26-33(4)73-49(28-40)38-18-19-38/h1-3,10-18,31-33,39-45,48-50,52-53H,19-30H2,4-6H3,(H,59,61)(H,60,62)(H,63,69)(H,64,70). The number of rotatable bonds is 14. The van der Waals surface area contributed by atoms with E-state index in [9.17, 15) is 19.2 Å². The Morgan fingerprint density at radius 3 is 1.86 bits per heavy atom. The van der Waals surface area contributed by atoms with Crippen LogP contribution in [0.15, 0.2) is 72.6 Å². The number of likely N-dealkylation sites (tertiary alicyclic amines) is 2. The molecule has 4 aliphatic heterocycles. The van der Waals surface area contributed by atoms with Crippen LogP contribution in [-0.2, 0) is 35.0 Å². The molecule has 0 radical (unpaired) electrons. The minimum Gasteiger partial charge on any atom is -0.453 e. The summed E-state index contributed by atoms with van der Waals surface area (Å²) in [4.78, 5) is 74.7. The van der Waals surface area contributed by atoms with E-state index in [2.05, 4.69) is 68.7 Å². The van der Waals surface area contributed by atoms with Crippen LogP contribution in [0, 0.1) is 54.8 Å². The molecule has 1 saturated carbocycles. The predicted octanol–water partition coefficient (Wildman–Crippen LogP) is 7.50. The van der Waals surface area contributed by atoms with Crippen LogP contribution >= 0.6 is 0 Å². The van der Waals surface area contributed by atoms with Crippen molar-refractivity contribution in [3.63, 3.8) is 0 Å². The lowest BCUT2D eigenvalue weighted by molar-refractivity contribution is -0.140. The molecule has 2 aliphatic carbocycles. The fourth-order valence-electron chi connectivity index (χ4n) is 11.9. The number of imidazole rings is 2. The van der Waals surface area contributed by atoms with Crippen LogP contribution in [0.4, 0.5) is 9.59 Å². The monoisotopic (exact) mass is 1000 g/mol. The van der Waals surface area contributed by atoms with Gasteiger partial charge in [-0.05, 0) is 123 Å². The summed E-state index contributed by atoms with van der Waals surface area (Å²) < 4.78 is 22.4. The maximum atomic E-state index is 14.7. The number of allylic oxidation sites excluding steroid dienone is 1. The van der Waals surface area contributed by atoms with Crippen LogP contribution in [0.3, 0.4) is 0 Å². The van der Waals surface area contributed by atoms with Crippen LogP contribution in [-0.4, -0.2) is 123 Å². The lowest BCUT2D eigenvalue weighted by Gasteiger charge is -2.39. The summed E-state index contributed by atoms with van der Waals surface area (Å²) >= 11 is 0. The van der Waals surface area contributed by atoms with Crippen molar-refractivity contribution >= 4 is 24.0 Å². The number of methoxy groups -OCH3 is 2. The first-order valence-corrected chi connectivity index (χ1v) is 26.0. The van der Waals surface area contributed by atoms with Gasteiger partial charge in [-0.25, -0.2) is 19.6 Å². The Kier molecular flexibility index (Phi) is 14.7. The molecular weight excluding hydrogens is 937 g/mol. The van der Waals surface area contributed by atoms with Gasteiger partial charge in [-0.3, -0.25) is 9.59 Å². The smallest absolute Gasteiger partial charge is 0.407 e. The fourth-order valence-corrected chi connectivity index (χ4v) is 11.9. The number of terminal acetylenes is 3. The van der Waals surface area contributed by atoms with E-state index in [0.29, 0.717) is 69.5 Å². The molecule has 16 nitrogen and oxygen atoms in total. The number of H-pyrrole nitrogens is 2. The van der Waals surface area contributed by atoms with E-state index in [-0.39, 0.29) is 48.0 Å². The number of aromatic amines is 2. The first kappa shape index (κ1) is 50.2. The van der Waals surface area contributed by atoms with E-state index >= 15 is 0 Å². The second-order valence-electron chi connectivity index (χ2n) is 20.7. The molecule has 74 heavy (non-hydrogen) atoms. The Labute approximate surface area is 432 Å². The molecule has 12 atom stereocenters. The number of hydrogen-bond donors (Lipinski definition) is 4. The van der Waals surface area contributed by atoms with E-state index < -0.39 is 48.5 Å². The van der Waals surface area contributed by atoms with Crippen LogP contribution in [0.1, 0.15) is 95.2 Å². The average Bonchev–Trinajstić information content (AvgIpc) is 4.26. The Morgan fingerprint density at radius 1 is 0.703 bits per heavy atom. The molecule has 4 amide bonds. The molecule has 6 aliphatic rings. The van der Waals surface area contributed by atoms with Crippen molar-refractivity contribution in [2.75, 3.05) is 14.2 Å². The lowest BCUT2D eigenvalue weighted by atomic mass is 9.83. The predicted molar refractivity (Wildman–Crippen MR) is 276 cm³/mol. The van der Waals surface area contributed by atoms with E-state index in [1.807, 2.05) is 31.2 Å². The summed E-state index contributed by atoms with van der Waals surface area (Å²) in [6.07, 6.45) is 29.9. The molecule has 2 aromatic carbocycles. The average molecular weight is 1000 g/mol. The Morgan fingerprint density at radius 2 is 1.27 bits per heavy atom. The first-order valence-electron chi connectivity index (χ1n) is 26.0. The van der Waals surface area contributed by atoms with Crippen molar-refractivity contribution in [1.82, 2.24) is 40.4 Å². The fraction of sp³-hybridized carbons (Fsp3) is 0.483. The normalized spacial score (nSPS) is 28.1. The van der Waals surface area contributed by atoms with Gasteiger partial charge in [-0.15, -0.1) is 19.3 Å². The van der Waals surface area contributed by atoms with Gasteiger partial charge in [0.1, 0.15) is 29.8 Å². The van der Waals surface area contributed by atoms with E-state index in [1.165, 1.54) is 19.8 Å². The number of hydrogen-bond acceptors (Lipinski definition) is 10. The van der Waals surface area contributed by atoms with Crippen molar-refractivity contribution in [3.05, 3.63) is 84.2 Å². The summed E-state index contributed by atoms with van der Waals surface area (Å²) in [5.74, 6) is 9.25. The van der Waals surface area contributed by atoms with E-state index in [1.54, 1.807) is 22.2 Å². The minimum atomic E-state index is -0.876. The number of alkyl carbamates (subject to hydrolysis) is 2. The van der Waals surface area contributed by atoms with E-state index in [4.69, 9.17) is 48.2 Å². The second kappa shape index (κ2) is 21.6. The highest BCUT2D eigenvalue weighted by Crippen LogP contribution is 2.44. The third-order valence-corrected chi connectivity index (χ3v) is 16.0. The highest BCUT2D eigenvalue weighted by Gasteiger charge is 2.48. The highest BCUT2D eigenvalue weighted by atomic mass is 16.5. The van der Waals surface area contributed by atoms with Crippen LogP contribution < -0.4 is 10.6 Å². The summed E-state index contributed by atoms with van der Waals surface area (Å²) in [6, 6.07) is 13.2. The number of ether oxygens (including phenoxy) is 4. The molecule has 2 aromatic heterocycles.